The topological polar surface area (TPSA) is 40.5 Å². The maximum absolute atomic E-state index is 14.0. The Morgan fingerprint density at radius 3 is 2.33 bits per heavy atom. The molecule has 0 bridgehead atoms. The summed E-state index contributed by atoms with van der Waals surface area (Å²) in [6, 6.07) is 10.7. The van der Waals surface area contributed by atoms with Crippen LogP contribution in [-0.2, 0) is 9.47 Å². The second-order valence-electron chi connectivity index (χ2n) is 4.67. The Hall–Kier alpha value is -1.98. The zero-order valence-electron chi connectivity index (χ0n) is 12.2. The summed E-state index contributed by atoms with van der Waals surface area (Å²) in [5.74, 6) is -1.12. The lowest BCUT2D eigenvalue weighted by Crippen LogP contribution is -2.28. The summed E-state index contributed by atoms with van der Waals surface area (Å²) in [6.07, 6.45) is 0.443. The van der Waals surface area contributed by atoms with E-state index in [2.05, 4.69) is 0 Å². The van der Waals surface area contributed by atoms with Gasteiger partial charge in [-0.2, -0.15) is 0 Å². The smallest absolute Gasteiger partial charge is 0.238 e. The Labute approximate surface area is 123 Å². The minimum Gasteiger partial charge on any atom is -0.349 e. The molecule has 0 unspecified atom stereocenters. The van der Waals surface area contributed by atoms with E-state index in [0.717, 1.165) is 5.56 Å². The molecule has 0 fully saturated rings. The summed E-state index contributed by atoms with van der Waals surface area (Å²) in [7, 11) is 2.69. The van der Waals surface area contributed by atoms with E-state index in [0.29, 0.717) is 0 Å². The molecule has 0 saturated heterocycles. The molecule has 4 nitrogen and oxygen atoms in total. The highest BCUT2D eigenvalue weighted by molar-refractivity contribution is 5.97. The first-order valence-corrected chi connectivity index (χ1v) is 6.61. The number of methoxy groups -OCH3 is 2. The molecular weight excluding hydrogens is 273 g/mol. The van der Waals surface area contributed by atoms with Crippen LogP contribution < -0.4 is 0 Å². The zero-order valence-corrected chi connectivity index (χ0v) is 12.2. The molecule has 0 aliphatic rings. The van der Waals surface area contributed by atoms with E-state index in [1.807, 2.05) is 37.3 Å². The van der Waals surface area contributed by atoms with Crippen molar-refractivity contribution in [1.29, 1.82) is 0 Å². The van der Waals surface area contributed by atoms with E-state index in [1.165, 1.54) is 20.3 Å². The lowest BCUT2D eigenvalue weighted by atomic mass is 10.1. The van der Waals surface area contributed by atoms with E-state index in [1.54, 1.807) is 10.8 Å². The largest absolute Gasteiger partial charge is 0.349 e. The number of benzene rings is 1. The highest BCUT2D eigenvalue weighted by Gasteiger charge is 2.27. The molecule has 1 aromatic heterocycles. The Balaban J connectivity index is 2.41. The lowest BCUT2D eigenvalue weighted by molar-refractivity contribution is -0.0748. The highest BCUT2D eigenvalue weighted by atomic mass is 19.1. The van der Waals surface area contributed by atoms with E-state index in [-0.39, 0.29) is 11.7 Å². The second-order valence-corrected chi connectivity index (χ2v) is 4.67. The average Bonchev–Trinajstić information content (AvgIpc) is 2.90. The fraction of sp³-hybridized carbons (Fsp3) is 0.312. The van der Waals surface area contributed by atoms with Crippen LogP contribution in [0.3, 0.4) is 0 Å². The molecule has 112 valence electrons. The number of hydrogen-bond donors (Lipinski definition) is 0. The summed E-state index contributed by atoms with van der Waals surface area (Å²) in [6.45, 7) is 1.90. The van der Waals surface area contributed by atoms with Crippen molar-refractivity contribution in [3.05, 3.63) is 59.7 Å². The minimum absolute atomic E-state index is 0.0416. The van der Waals surface area contributed by atoms with Crippen molar-refractivity contribution < 1.29 is 18.7 Å². The fourth-order valence-electron chi connectivity index (χ4n) is 2.30. The number of ether oxygens (including phenoxy) is 2. The predicted molar refractivity (Wildman–Crippen MR) is 76.8 cm³/mol. The van der Waals surface area contributed by atoms with Gasteiger partial charge in [0.2, 0.25) is 12.1 Å². The van der Waals surface area contributed by atoms with Gasteiger partial charge in [0, 0.05) is 20.4 Å². The molecule has 1 heterocycles. The lowest BCUT2D eigenvalue weighted by Gasteiger charge is -2.19. The monoisotopic (exact) mass is 291 g/mol. The van der Waals surface area contributed by atoms with E-state index in [4.69, 9.17) is 9.47 Å². The van der Waals surface area contributed by atoms with Crippen molar-refractivity contribution in [2.24, 2.45) is 0 Å². The van der Waals surface area contributed by atoms with Crippen LogP contribution in [0.4, 0.5) is 4.39 Å². The van der Waals surface area contributed by atoms with Gasteiger partial charge < -0.3 is 14.0 Å². The number of rotatable bonds is 6. The van der Waals surface area contributed by atoms with Gasteiger partial charge in [0.05, 0.1) is 6.04 Å². The summed E-state index contributed by atoms with van der Waals surface area (Å²) >= 11 is 0. The number of aromatic nitrogens is 1. The highest BCUT2D eigenvalue weighted by Crippen LogP contribution is 2.23. The molecular formula is C16H18FNO3. The second kappa shape index (κ2) is 6.65. The van der Waals surface area contributed by atoms with Gasteiger partial charge in [-0.15, -0.1) is 0 Å². The summed E-state index contributed by atoms with van der Waals surface area (Å²) in [5, 5.41) is 0. The van der Waals surface area contributed by atoms with Gasteiger partial charge >= 0.3 is 0 Å². The number of halogens is 1. The van der Waals surface area contributed by atoms with Gasteiger partial charge in [-0.1, -0.05) is 30.3 Å². The molecule has 2 aromatic rings. The molecule has 1 aromatic carbocycles. The van der Waals surface area contributed by atoms with E-state index >= 15 is 0 Å². The van der Waals surface area contributed by atoms with Gasteiger partial charge in [-0.3, -0.25) is 4.79 Å². The molecule has 0 aliphatic carbocycles. The van der Waals surface area contributed by atoms with E-state index < -0.39 is 17.9 Å². The number of nitrogens with zero attached hydrogens (tertiary/aromatic N) is 1. The van der Waals surface area contributed by atoms with Crippen LogP contribution in [-0.4, -0.2) is 30.9 Å². The predicted octanol–water partition coefficient (Wildman–Crippen LogP) is 3.04. The van der Waals surface area contributed by atoms with Crippen LogP contribution in [0.15, 0.2) is 42.6 Å². The van der Waals surface area contributed by atoms with Gasteiger partial charge in [0.25, 0.3) is 0 Å². The Kier molecular flexibility index (Phi) is 4.88. The molecule has 1 atom stereocenters. The molecule has 0 saturated carbocycles. The number of hydrogen-bond acceptors (Lipinski definition) is 3. The molecule has 0 aliphatic heterocycles. The summed E-state index contributed by atoms with van der Waals surface area (Å²) in [5.41, 5.74) is 0.939. The molecule has 0 spiro atoms. The van der Waals surface area contributed by atoms with Crippen molar-refractivity contribution >= 4 is 5.78 Å². The maximum Gasteiger partial charge on any atom is 0.238 e. The Morgan fingerprint density at radius 1 is 1.14 bits per heavy atom. The first-order chi connectivity index (χ1) is 10.1. The van der Waals surface area contributed by atoms with Gasteiger partial charge in [0.1, 0.15) is 5.69 Å². The Morgan fingerprint density at radius 2 is 1.76 bits per heavy atom. The van der Waals surface area contributed by atoms with Crippen LogP contribution in [0, 0.1) is 5.82 Å². The maximum atomic E-state index is 14.0. The minimum atomic E-state index is -1.11. The summed E-state index contributed by atoms with van der Waals surface area (Å²) in [4.78, 5) is 12.3. The third-order valence-electron chi connectivity index (χ3n) is 3.44. The van der Waals surface area contributed by atoms with E-state index in [9.17, 15) is 9.18 Å². The standard InChI is InChI=1S/C16H18FNO3/c1-11(12-7-5-4-6-8-12)18-10-9-13(17)14(18)15(19)16(20-2)21-3/h4-11,16H,1-3H3/t11-/m1/s1. The zero-order chi connectivity index (χ0) is 15.4. The third-order valence-corrected chi connectivity index (χ3v) is 3.44. The van der Waals surface area contributed by atoms with Crippen molar-refractivity contribution in [3.8, 4) is 0 Å². The first kappa shape index (κ1) is 15.4. The van der Waals surface area contributed by atoms with Crippen molar-refractivity contribution in [3.63, 3.8) is 0 Å². The third kappa shape index (κ3) is 3.04. The molecule has 21 heavy (non-hydrogen) atoms. The SMILES string of the molecule is COC(OC)C(=O)c1c(F)ccn1[C@H](C)c1ccccc1. The number of Topliss-reactive ketones (excluding diaryl/α,β-unsaturated/α-hetero) is 1. The molecule has 0 N–H and O–H groups in total. The van der Waals surface area contributed by atoms with Crippen LogP contribution in [0.25, 0.3) is 0 Å². The van der Waals surface area contributed by atoms with Crippen LogP contribution in [0.2, 0.25) is 0 Å². The fourth-order valence-corrected chi connectivity index (χ4v) is 2.30. The molecule has 0 radical (unpaired) electrons. The molecule has 5 heteroatoms. The van der Waals surface area contributed by atoms with Gasteiger partial charge in [-0.25, -0.2) is 4.39 Å². The summed E-state index contributed by atoms with van der Waals surface area (Å²) < 4.78 is 25.5. The van der Waals surface area contributed by atoms with Gasteiger partial charge in [-0.05, 0) is 18.6 Å². The van der Waals surface area contributed by atoms with Crippen LogP contribution >= 0.6 is 0 Å². The van der Waals surface area contributed by atoms with Crippen LogP contribution in [0.5, 0.6) is 0 Å². The normalized spacial score (nSPS) is 12.6. The Bertz CT molecular complexity index is 605. The first-order valence-electron chi connectivity index (χ1n) is 6.61. The van der Waals surface area contributed by atoms with Crippen molar-refractivity contribution in [2.45, 2.75) is 19.3 Å². The average molecular weight is 291 g/mol. The number of carbonyl (C=O) groups excluding carboxylic acids is 1. The quantitative estimate of drug-likeness (QED) is 0.606. The number of carbonyl (C=O) groups is 1. The van der Waals surface area contributed by atoms with Crippen molar-refractivity contribution in [2.75, 3.05) is 14.2 Å². The van der Waals surface area contributed by atoms with Crippen LogP contribution in [0.1, 0.15) is 29.0 Å². The molecule has 2 rings (SSSR count). The van der Waals surface area contributed by atoms with Gasteiger partial charge in [0.15, 0.2) is 5.82 Å². The molecule has 0 amide bonds. The number of ketones is 1. The van der Waals surface area contributed by atoms with Crippen molar-refractivity contribution in [1.82, 2.24) is 4.57 Å².